The zero-order valence-corrected chi connectivity index (χ0v) is 18.5. The van der Waals surface area contributed by atoms with Gasteiger partial charge in [0.1, 0.15) is 5.78 Å². The molecule has 2 aromatic carbocycles. The van der Waals surface area contributed by atoms with Crippen molar-refractivity contribution in [3.63, 3.8) is 0 Å². The van der Waals surface area contributed by atoms with Crippen molar-refractivity contribution in [2.45, 2.75) is 51.7 Å². The van der Waals surface area contributed by atoms with Crippen LogP contribution in [-0.2, 0) is 23.2 Å². The molecule has 3 aromatic rings. The molecule has 0 saturated heterocycles. The Balaban J connectivity index is 1.46. The van der Waals surface area contributed by atoms with Crippen molar-refractivity contribution >= 4 is 33.9 Å². The van der Waals surface area contributed by atoms with Gasteiger partial charge in [-0.05, 0) is 43.4 Å². The second kappa shape index (κ2) is 7.67. The number of carbonyl (C=O) groups excluding carboxylic acids is 3. The van der Waals surface area contributed by atoms with E-state index in [0.29, 0.717) is 24.9 Å². The van der Waals surface area contributed by atoms with E-state index in [9.17, 15) is 14.4 Å². The number of nitrogens with one attached hydrogen (secondary N) is 1. The average Bonchev–Trinajstić information content (AvgIpc) is 3.25. The Bertz CT molecular complexity index is 1280. The van der Waals surface area contributed by atoms with Gasteiger partial charge in [0.25, 0.3) is 5.91 Å². The van der Waals surface area contributed by atoms with Gasteiger partial charge in [-0.3, -0.25) is 24.0 Å². The van der Waals surface area contributed by atoms with Crippen molar-refractivity contribution in [2.24, 2.45) is 7.05 Å². The molecule has 2 heterocycles. The highest BCUT2D eigenvalue weighted by molar-refractivity contribution is 6.27. The zero-order valence-electron chi connectivity index (χ0n) is 18.5. The number of hydrogen-bond donors (Lipinski definition) is 1. The second-order valence-electron chi connectivity index (χ2n) is 8.83. The quantitative estimate of drug-likeness (QED) is 0.628. The number of nitrogens with zero attached hydrogens (tertiary/aromatic N) is 3. The van der Waals surface area contributed by atoms with Gasteiger partial charge >= 0.3 is 0 Å². The molecular formula is C25H26N4O3. The van der Waals surface area contributed by atoms with Crippen LogP contribution in [0.1, 0.15) is 59.4 Å². The summed E-state index contributed by atoms with van der Waals surface area (Å²) in [6, 6.07) is 9.29. The van der Waals surface area contributed by atoms with Crippen LogP contribution in [0, 0.1) is 6.92 Å². The van der Waals surface area contributed by atoms with E-state index in [2.05, 4.69) is 17.3 Å². The van der Waals surface area contributed by atoms with E-state index in [1.165, 1.54) is 0 Å². The first-order valence-electron chi connectivity index (χ1n) is 11.0. The summed E-state index contributed by atoms with van der Waals surface area (Å²) in [6.07, 6.45) is 2.68. The third-order valence-corrected chi connectivity index (χ3v) is 6.69. The molecule has 1 aliphatic heterocycles. The zero-order chi connectivity index (χ0) is 22.6. The van der Waals surface area contributed by atoms with E-state index in [0.717, 1.165) is 33.3 Å². The molecule has 0 radical (unpaired) electrons. The van der Waals surface area contributed by atoms with Crippen molar-refractivity contribution in [1.82, 2.24) is 15.1 Å². The van der Waals surface area contributed by atoms with Crippen LogP contribution in [0.2, 0.25) is 0 Å². The van der Waals surface area contributed by atoms with Crippen LogP contribution < -0.4 is 10.2 Å². The fraction of sp³-hybridized carbons (Fsp3) is 0.360. The molecule has 32 heavy (non-hydrogen) atoms. The molecule has 1 amide bonds. The van der Waals surface area contributed by atoms with Crippen LogP contribution >= 0.6 is 0 Å². The Morgan fingerprint density at radius 2 is 2.00 bits per heavy atom. The Kier molecular flexibility index (Phi) is 4.93. The highest BCUT2D eigenvalue weighted by Crippen LogP contribution is 2.41. The first-order valence-corrected chi connectivity index (χ1v) is 11.0. The predicted molar refractivity (Wildman–Crippen MR) is 122 cm³/mol. The van der Waals surface area contributed by atoms with E-state index >= 15 is 0 Å². The third-order valence-electron chi connectivity index (χ3n) is 6.69. The number of aryl methyl sites for hydroxylation is 2. The Morgan fingerprint density at radius 3 is 2.72 bits per heavy atom. The summed E-state index contributed by atoms with van der Waals surface area (Å²) >= 11 is 0. The van der Waals surface area contributed by atoms with Crippen molar-refractivity contribution in [2.75, 3.05) is 4.90 Å². The van der Waals surface area contributed by atoms with Gasteiger partial charge in [-0.2, -0.15) is 5.10 Å². The summed E-state index contributed by atoms with van der Waals surface area (Å²) in [5.74, 6) is -0.357. The van der Waals surface area contributed by atoms with Gasteiger partial charge in [-0.25, -0.2) is 0 Å². The van der Waals surface area contributed by atoms with E-state index in [1.54, 1.807) is 4.90 Å². The highest BCUT2D eigenvalue weighted by atomic mass is 16.2. The number of benzene rings is 2. The number of hydrogen-bond acceptors (Lipinski definition) is 5. The van der Waals surface area contributed by atoms with Gasteiger partial charge in [0.15, 0.2) is 5.78 Å². The predicted octanol–water partition coefficient (Wildman–Crippen LogP) is 3.38. The van der Waals surface area contributed by atoms with Gasteiger partial charge in [-0.15, -0.1) is 0 Å². The Labute approximate surface area is 186 Å². The number of amides is 1. The summed E-state index contributed by atoms with van der Waals surface area (Å²) in [4.78, 5) is 39.2. The summed E-state index contributed by atoms with van der Waals surface area (Å²) in [5, 5.41) is 9.91. The lowest BCUT2D eigenvalue weighted by Gasteiger charge is -2.30. The maximum Gasteiger partial charge on any atom is 0.259 e. The maximum absolute atomic E-state index is 13.3. The van der Waals surface area contributed by atoms with Crippen LogP contribution in [0.3, 0.4) is 0 Å². The number of aromatic nitrogens is 2. The van der Waals surface area contributed by atoms with E-state index in [1.807, 2.05) is 55.2 Å². The van der Waals surface area contributed by atoms with Gasteiger partial charge in [0, 0.05) is 48.8 Å². The Morgan fingerprint density at radius 1 is 1.19 bits per heavy atom. The molecule has 5 rings (SSSR count). The van der Waals surface area contributed by atoms with Gasteiger partial charge < -0.3 is 5.32 Å². The molecule has 2 aliphatic rings. The normalized spacial score (nSPS) is 19.3. The van der Waals surface area contributed by atoms with E-state index in [4.69, 9.17) is 0 Å². The van der Waals surface area contributed by atoms with Gasteiger partial charge in [-0.1, -0.05) is 18.2 Å². The molecule has 1 aliphatic carbocycles. The summed E-state index contributed by atoms with van der Waals surface area (Å²) in [7, 11) is 1.92. The minimum absolute atomic E-state index is 0.0417. The average molecular weight is 431 g/mol. The maximum atomic E-state index is 13.3. The summed E-state index contributed by atoms with van der Waals surface area (Å²) in [5.41, 5.74) is 4.65. The SMILES string of the molecule is Cc1nn(C)cc1C(C)NCc1ccc2c3c(cccc13)N(C1CCC(=O)CC1=O)C2=O. The molecule has 1 aromatic heterocycles. The lowest BCUT2D eigenvalue weighted by molar-refractivity contribution is -0.130. The molecule has 7 nitrogen and oxygen atoms in total. The number of carbonyl (C=O) groups is 3. The summed E-state index contributed by atoms with van der Waals surface area (Å²) in [6.45, 7) is 4.76. The smallest absolute Gasteiger partial charge is 0.259 e. The van der Waals surface area contributed by atoms with Crippen LogP contribution in [0.5, 0.6) is 0 Å². The molecule has 1 N–H and O–H groups in total. The molecule has 1 saturated carbocycles. The van der Waals surface area contributed by atoms with E-state index in [-0.39, 0.29) is 29.9 Å². The molecule has 2 atom stereocenters. The lowest BCUT2D eigenvalue weighted by atomic mass is 9.91. The largest absolute Gasteiger partial charge is 0.306 e. The molecular weight excluding hydrogens is 404 g/mol. The van der Waals surface area contributed by atoms with Crippen LogP contribution in [0.4, 0.5) is 5.69 Å². The minimum Gasteiger partial charge on any atom is -0.306 e. The van der Waals surface area contributed by atoms with Crippen molar-refractivity contribution in [1.29, 1.82) is 0 Å². The number of rotatable bonds is 5. The fourth-order valence-corrected chi connectivity index (χ4v) is 5.08. The number of ketones is 2. The molecule has 1 fully saturated rings. The fourth-order valence-electron chi connectivity index (χ4n) is 5.08. The monoisotopic (exact) mass is 430 g/mol. The highest BCUT2D eigenvalue weighted by Gasteiger charge is 2.40. The minimum atomic E-state index is -0.562. The van der Waals surface area contributed by atoms with Crippen LogP contribution in [0.15, 0.2) is 36.5 Å². The molecule has 2 unspecified atom stereocenters. The van der Waals surface area contributed by atoms with Crippen LogP contribution in [0.25, 0.3) is 10.8 Å². The first-order chi connectivity index (χ1) is 15.3. The molecule has 0 bridgehead atoms. The summed E-state index contributed by atoms with van der Waals surface area (Å²) < 4.78 is 1.82. The topological polar surface area (TPSA) is 84.3 Å². The second-order valence-corrected chi connectivity index (χ2v) is 8.83. The van der Waals surface area contributed by atoms with Crippen molar-refractivity contribution in [3.05, 3.63) is 58.9 Å². The Hall–Kier alpha value is -3.32. The molecule has 164 valence electrons. The van der Waals surface area contributed by atoms with Gasteiger partial charge in [0.2, 0.25) is 0 Å². The number of anilines is 1. The van der Waals surface area contributed by atoms with Crippen LogP contribution in [-0.4, -0.2) is 33.3 Å². The third kappa shape index (κ3) is 3.24. The first kappa shape index (κ1) is 20.6. The van der Waals surface area contributed by atoms with E-state index < -0.39 is 6.04 Å². The van der Waals surface area contributed by atoms with Crippen molar-refractivity contribution in [3.8, 4) is 0 Å². The van der Waals surface area contributed by atoms with Crippen molar-refractivity contribution < 1.29 is 14.4 Å². The lowest BCUT2D eigenvalue weighted by Crippen LogP contribution is -2.46. The molecule has 7 heteroatoms. The van der Waals surface area contributed by atoms with Gasteiger partial charge in [0.05, 0.1) is 23.8 Å². The standard InChI is InChI=1S/C25H26N4O3/c1-14(20-13-28(3)27-15(20)2)26-12-16-7-9-19-24-18(16)5-4-6-22(24)29(25(19)32)21-10-8-17(30)11-23(21)31/h4-7,9,13-14,21,26H,8,10-12H2,1-3H3. The molecule has 0 spiro atoms. The number of Topliss-reactive ketones (excluding diaryl/α,β-unsaturated/α-hetero) is 2.